The van der Waals surface area contributed by atoms with Gasteiger partial charge in [0.1, 0.15) is 18.3 Å². The maximum absolute atomic E-state index is 13.8. The van der Waals surface area contributed by atoms with Crippen LogP contribution in [0.3, 0.4) is 0 Å². The minimum absolute atomic E-state index is 0.0736. The van der Waals surface area contributed by atoms with E-state index in [-0.39, 0.29) is 17.3 Å². The molecular formula is C29H35N3O5S. The number of nitrogens with one attached hydrogen (secondary N) is 1. The second kappa shape index (κ2) is 12.6. The van der Waals surface area contributed by atoms with Crippen molar-refractivity contribution in [2.75, 3.05) is 24.5 Å². The Labute approximate surface area is 225 Å². The molecule has 0 heterocycles. The van der Waals surface area contributed by atoms with Crippen LogP contribution in [0.15, 0.2) is 77.7 Å². The zero-order valence-corrected chi connectivity index (χ0v) is 23.3. The first-order valence-corrected chi connectivity index (χ1v) is 13.9. The Hall–Kier alpha value is -3.85. The minimum Gasteiger partial charge on any atom is -0.497 e. The number of sulfonamides is 1. The Morgan fingerprint density at radius 3 is 2.18 bits per heavy atom. The molecule has 0 saturated heterocycles. The molecule has 0 aliphatic heterocycles. The number of aryl methyl sites for hydroxylation is 2. The average Bonchev–Trinajstić information content (AvgIpc) is 2.92. The highest BCUT2D eigenvalue weighted by Gasteiger charge is 2.32. The molecule has 0 bridgehead atoms. The second-order valence-corrected chi connectivity index (χ2v) is 10.9. The molecule has 9 heteroatoms. The zero-order chi connectivity index (χ0) is 27.9. The third kappa shape index (κ3) is 6.72. The Bertz CT molecular complexity index is 1360. The van der Waals surface area contributed by atoms with Crippen molar-refractivity contribution in [3.63, 3.8) is 0 Å². The lowest BCUT2D eigenvalue weighted by Gasteiger charge is -2.32. The van der Waals surface area contributed by atoms with E-state index in [9.17, 15) is 18.0 Å². The normalized spacial score (nSPS) is 11.9. The molecule has 0 aliphatic rings. The van der Waals surface area contributed by atoms with E-state index in [1.54, 1.807) is 63.4 Å². The van der Waals surface area contributed by atoms with E-state index in [1.165, 1.54) is 17.0 Å². The zero-order valence-electron chi connectivity index (χ0n) is 22.5. The standard InChI is InChI=1S/C29H35N3O5S/c1-6-30-29(34)23(4)31(19-24-13-16-26(37-5)17-14-24)28(33)20-32(25-15-12-21(2)22(3)18-25)38(35,36)27-10-8-7-9-11-27/h7-18,23H,6,19-20H2,1-5H3,(H,30,34)/t23-/m0/s1. The van der Waals surface area contributed by atoms with Gasteiger partial charge >= 0.3 is 0 Å². The van der Waals surface area contributed by atoms with Gasteiger partial charge < -0.3 is 15.0 Å². The maximum Gasteiger partial charge on any atom is 0.264 e. The summed E-state index contributed by atoms with van der Waals surface area (Å²) in [7, 11) is -2.52. The SMILES string of the molecule is CCNC(=O)[C@H](C)N(Cc1ccc(OC)cc1)C(=O)CN(c1ccc(C)c(C)c1)S(=O)(=O)c1ccccc1. The number of methoxy groups -OCH3 is 1. The summed E-state index contributed by atoms with van der Waals surface area (Å²) in [6.45, 7) is 7.32. The predicted octanol–water partition coefficient (Wildman–Crippen LogP) is 4.06. The van der Waals surface area contributed by atoms with Gasteiger partial charge in [0.2, 0.25) is 11.8 Å². The van der Waals surface area contributed by atoms with Gasteiger partial charge in [-0.3, -0.25) is 13.9 Å². The quantitative estimate of drug-likeness (QED) is 0.398. The monoisotopic (exact) mass is 537 g/mol. The van der Waals surface area contributed by atoms with Crippen molar-refractivity contribution in [3.05, 3.63) is 89.5 Å². The predicted molar refractivity (Wildman–Crippen MR) is 149 cm³/mol. The van der Waals surface area contributed by atoms with E-state index in [0.717, 1.165) is 21.0 Å². The lowest BCUT2D eigenvalue weighted by atomic mass is 10.1. The fourth-order valence-corrected chi connectivity index (χ4v) is 5.39. The average molecular weight is 538 g/mol. The lowest BCUT2D eigenvalue weighted by Crippen LogP contribution is -2.51. The summed E-state index contributed by atoms with van der Waals surface area (Å²) in [6.07, 6.45) is 0. The molecule has 0 unspecified atom stereocenters. The molecule has 202 valence electrons. The number of rotatable bonds is 11. The van der Waals surface area contributed by atoms with Crippen molar-refractivity contribution in [1.29, 1.82) is 0 Å². The van der Waals surface area contributed by atoms with E-state index in [1.807, 2.05) is 32.0 Å². The van der Waals surface area contributed by atoms with Crippen molar-refractivity contribution in [1.82, 2.24) is 10.2 Å². The highest BCUT2D eigenvalue weighted by atomic mass is 32.2. The molecule has 2 amide bonds. The number of amides is 2. The van der Waals surface area contributed by atoms with Crippen LogP contribution in [-0.4, -0.2) is 51.4 Å². The molecule has 38 heavy (non-hydrogen) atoms. The number of carbonyl (C=O) groups is 2. The molecular weight excluding hydrogens is 502 g/mol. The molecule has 0 fully saturated rings. The maximum atomic E-state index is 13.8. The second-order valence-electron chi connectivity index (χ2n) is 9.03. The van der Waals surface area contributed by atoms with Crippen LogP contribution in [0, 0.1) is 13.8 Å². The van der Waals surface area contributed by atoms with E-state index < -0.39 is 28.5 Å². The van der Waals surface area contributed by atoms with Crippen LogP contribution in [0.5, 0.6) is 5.75 Å². The minimum atomic E-state index is -4.08. The van der Waals surface area contributed by atoms with Gasteiger partial charge in [-0.25, -0.2) is 8.42 Å². The summed E-state index contributed by atoms with van der Waals surface area (Å²) in [5, 5.41) is 2.75. The summed E-state index contributed by atoms with van der Waals surface area (Å²) in [5.41, 5.74) is 3.05. The van der Waals surface area contributed by atoms with E-state index in [4.69, 9.17) is 4.74 Å². The number of carbonyl (C=O) groups excluding carboxylic acids is 2. The number of hydrogen-bond donors (Lipinski definition) is 1. The van der Waals surface area contributed by atoms with Gasteiger partial charge in [0, 0.05) is 13.1 Å². The smallest absolute Gasteiger partial charge is 0.264 e. The van der Waals surface area contributed by atoms with Crippen LogP contribution in [0.1, 0.15) is 30.5 Å². The van der Waals surface area contributed by atoms with Crippen LogP contribution >= 0.6 is 0 Å². The molecule has 3 aromatic rings. The third-order valence-corrected chi connectivity index (χ3v) is 8.21. The van der Waals surface area contributed by atoms with Crippen molar-refractivity contribution in [2.45, 2.75) is 45.2 Å². The Kier molecular flexibility index (Phi) is 9.52. The summed E-state index contributed by atoms with van der Waals surface area (Å²) < 4.78 is 33.9. The van der Waals surface area contributed by atoms with Gasteiger partial charge in [-0.15, -0.1) is 0 Å². The number of benzene rings is 3. The van der Waals surface area contributed by atoms with Gasteiger partial charge in [-0.1, -0.05) is 36.4 Å². The fourth-order valence-electron chi connectivity index (χ4n) is 3.96. The van der Waals surface area contributed by atoms with Crippen molar-refractivity contribution in [2.24, 2.45) is 0 Å². The van der Waals surface area contributed by atoms with Crippen LogP contribution in [0.25, 0.3) is 0 Å². The van der Waals surface area contributed by atoms with Gasteiger partial charge in [0.15, 0.2) is 0 Å². The van der Waals surface area contributed by atoms with E-state index in [2.05, 4.69) is 5.32 Å². The van der Waals surface area contributed by atoms with Crippen molar-refractivity contribution >= 4 is 27.5 Å². The largest absolute Gasteiger partial charge is 0.497 e. The van der Waals surface area contributed by atoms with Crippen LogP contribution < -0.4 is 14.4 Å². The Morgan fingerprint density at radius 2 is 1.61 bits per heavy atom. The third-order valence-electron chi connectivity index (χ3n) is 6.42. The Morgan fingerprint density at radius 1 is 0.947 bits per heavy atom. The highest BCUT2D eigenvalue weighted by molar-refractivity contribution is 7.92. The first-order chi connectivity index (χ1) is 18.1. The molecule has 1 atom stereocenters. The molecule has 0 aromatic heterocycles. The number of nitrogens with zero attached hydrogens (tertiary/aromatic N) is 2. The van der Waals surface area contributed by atoms with Crippen LogP contribution in [-0.2, 0) is 26.2 Å². The highest BCUT2D eigenvalue weighted by Crippen LogP contribution is 2.26. The topological polar surface area (TPSA) is 96.0 Å². The summed E-state index contributed by atoms with van der Waals surface area (Å²) >= 11 is 0. The Balaban J connectivity index is 2.03. The number of hydrogen-bond acceptors (Lipinski definition) is 5. The van der Waals surface area contributed by atoms with Gasteiger partial charge in [-0.05, 0) is 80.8 Å². The van der Waals surface area contributed by atoms with Gasteiger partial charge in [0.25, 0.3) is 10.0 Å². The number of anilines is 1. The first-order valence-electron chi connectivity index (χ1n) is 12.4. The molecule has 1 N–H and O–H groups in total. The number of ether oxygens (including phenoxy) is 1. The number of likely N-dealkylation sites (N-methyl/N-ethyl adjacent to an activating group) is 1. The van der Waals surface area contributed by atoms with Crippen LogP contribution in [0.2, 0.25) is 0 Å². The first kappa shape index (κ1) is 28.7. The molecule has 3 aromatic carbocycles. The van der Waals surface area contributed by atoms with E-state index >= 15 is 0 Å². The molecule has 0 spiro atoms. The van der Waals surface area contributed by atoms with Gasteiger partial charge in [0.05, 0.1) is 17.7 Å². The van der Waals surface area contributed by atoms with Crippen LogP contribution in [0.4, 0.5) is 5.69 Å². The molecule has 3 rings (SSSR count). The lowest BCUT2D eigenvalue weighted by molar-refractivity contribution is -0.139. The summed E-state index contributed by atoms with van der Waals surface area (Å²) in [5.74, 6) is -0.159. The van der Waals surface area contributed by atoms with Crippen molar-refractivity contribution < 1.29 is 22.7 Å². The summed E-state index contributed by atoms with van der Waals surface area (Å²) in [6, 6.07) is 19.6. The molecule has 8 nitrogen and oxygen atoms in total. The molecule has 0 aliphatic carbocycles. The van der Waals surface area contributed by atoms with Gasteiger partial charge in [-0.2, -0.15) is 0 Å². The van der Waals surface area contributed by atoms with E-state index in [0.29, 0.717) is 18.0 Å². The fraction of sp³-hybridized carbons (Fsp3) is 0.310. The van der Waals surface area contributed by atoms with Crippen molar-refractivity contribution in [3.8, 4) is 5.75 Å². The summed E-state index contributed by atoms with van der Waals surface area (Å²) in [4.78, 5) is 28.1. The molecule has 0 saturated carbocycles. The molecule has 0 radical (unpaired) electrons.